The molecule has 3 nitrogen and oxygen atoms in total. The molecule has 0 amide bonds. The summed E-state index contributed by atoms with van der Waals surface area (Å²) in [6.45, 7) is 0. The molecule has 3 rings (SSSR count). The molecule has 1 aliphatic heterocycles. The highest BCUT2D eigenvalue weighted by molar-refractivity contribution is 7.99. The summed E-state index contributed by atoms with van der Waals surface area (Å²) in [4.78, 5) is 1.05. The summed E-state index contributed by atoms with van der Waals surface area (Å²) >= 11 is 6.93. The van der Waals surface area contributed by atoms with Crippen molar-refractivity contribution >= 4 is 40.5 Å². The van der Waals surface area contributed by atoms with Crippen LogP contribution in [0.25, 0.3) is 0 Å². The number of hydrazone groups is 1. The van der Waals surface area contributed by atoms with Crippen LogP contribution in [-0.4, -0.2) is 16.6 Å². The van der Waals surface area contributed by atoms with Crippen molar-refractivity contribution in [3.8, 4) is 0 Å². The maximum Gasteiger partial charge on any atom is 0.191 e. The molecule has 0 bridgehead atoms. The fourth-order valence-electron chi connectivity index (χ4n) is 2.16. The number of benzene rings is 2. The van der Waals surface area contributed by atoms with Crippen molar-refractivity contribution in [2.24, 2.45) is 5.10 Å². The van der Waals surface area contributed by atoms with Crippen LogP contribution >= 0.6 is 24.0 Å². The standard InChI is InChI=1S/C16H14FN3S2/c17-11-6-7-15-13(10-11)14(8-9-22-15)19-20-16(21)18-12-4-2-1-3-5-12/h1-7,10H,8-9H2,(H2,18,20,21)/b19-14+. The van der Waals surface area contributed by atoms with Gasteiger partial charge in [-0.15, -0.1) is 11.8 Å². The smallest absolute Gasteiger partial charge is 0.191 e. The van der Waals surface area contributed by atoms with Gasteiger partial charge in [0.2, 0.25) is 0 Å². The first-order valence-corrected chi connectivity index (χ1v) is 8.23. The van der Waals surface area contributed by atoms with Crippen molar-refractivity contribution in [3.05, 3.63) is 59.9 Å². The lowest BCUT2D eigenvalue weighted by molar-refractivity contribution is 0.626. The van der Waals surface area contributed by atoms with E-state index in [2.05, 4.69) is 15.8 Å². The van der Waals surface area contributed by atoms with E-state index in [-0.39, 0.29) is 5.82 Å². The minimum absolute atomic E-state index is 0.251. The second-order valence-corrected chi connectivity index (χ2v) is 6.27. The average Bonchev–Trinajstić information content (AvgIpc) is 2.54. The minimum Gasteiger partial charge on any atom is -0.331 e. The Morgan fingerprint density at radius 1 is 1.18 bits per heavy atom. The molecule has 0 fully saturated rings. The predicted octanol–water partition coefficient (Wildman–Crippen LogP) is 4.01. The van der Waals surface area contributed by atoms with Gasteiger partial charge in [-0.05, 0) is 42.5 Å². The van der Waals surface area contributed by atoms with E-state index in [0.29, 0.717) is 5.11 Å². The molecule has 22 heavy (non-hydrogen) atoms. The third-order valence-corrected chi connectivity index (χ3v) is 4.44. The number of fused-ring (bicyclic) bond motifs is 1. The van der Waals surface area contributed by atoms with Crippen molar-refractivity contribution in [1.82, 2.24) is 5.43 Å². The summed E-state index contributed by atoms with van der Waals surface area (Å²) in [5, 5.41) is 7.81. The highest BCUT2D eigenvalue weighted by atomic mass is 32.2. The summed E-state index contributed by atoms with van der Waals surface area (Å²) in [6, 6.07) is 14.4. The van der Waals surface area contributed by atoms with Crippen LogP contribution in [-0.2, 0) is 0 Å². The Kier molecular flexibility index (Phi) is 4.70. The van der Waals surface area contributed by atoms with Crippen LogP contribution in [0.3, 0.4) is 0 Å². The third kappa shape index (κ3) is 3.64. The van der Waals surface area contributed by atoms with Gasteiger partial charge in [0.1, 0.15) is 5.82 Å². The molecule has 0 aliphatic carbocycles. The van der Waals surface area contributed by atoms with E-state index in [1.165, 1.54) is 12.1 Å². The first-order chi connectivity index (χ1) is 10.7. The molecule has 2 aromatic carbocycles. The number of hydrogen-bond donors (Lipinski definition) is 2. The molecule has 2 aromatic rings. The minimum atomic E-state index is -0.251. The molecule has 1 heterocycles. The predicted molar refractivity (Wildman–Crippen MR) is 94.1 cm³/mol. The van der Waals surface area contributed by atoms with Gasteiger partial charge in [0.15, 0.2) is 5.11 Å². The van der Waals surface area contributed by atoms with Crippen molar-refractivity contribution in [1.29, 1.82) is 0 Å². The third-order valence-electron chi connectivity index (χ3n) is 3.17. The molecule has 2 N–H and O–H groups in total. The van der Waals surface area contributed by atoms with E-state index < -0.39 is 0 Å². The number of hydrogen-bond acceptors (Lipinski definition) is 3. The Morgan fingerprint density at radius 2 is 2.00 bits per heavy atom. The number of thioether (sulfide) groups is 1. The summed E-state index contributed by atoms with van der Waals surface area (Å²) in [5.74, 6) is 0.678. The largest absolute Gasteiger partial charge is 0.331 e. The maximum absolute atomic E-state index is 13.4. The van der Waals surface area contributed by atoms with Gasteiger partial charge >= 0.3 is 0 Å². The Balaban J connectivity index is 1.71. The van der Waals surface area contributed by atoms with Gasteiger partial charge in [-0.2, -0.15) is 5.10 Å². The Labute approximate surface area is 138 Å². The van der Waals surface area contributed by atoms with Gasteiger partial charge in [-0.25, -0.2) is 4.39 Å². The number of halogens is 1. The van der Waals surface area contributed by atoms with E-state index in [4.69, 9.17) is 12.2 Å². The van der Waals surface area contributed by atoms with Gasteiger partial charge < -0.3 is 5.32 Å². The summed E-state index contributed by atoms with van der Waals surface area (Å²) in [5.41, 5.74) is 5.40. The van der Waals surface area contributed by atoms with Crippen molar-refractivity contribution in [2.45, 2.75) is 11.3 Å². The fraction of sp³-hybridized carbons (Fsp3) is 0.125. The summed E-state index contributed by atoms with van der Waals surface area (Å²) in [7, 11) is 0. The summed E-state index contributed by atoms with van der Waals surface area (Å²) < 4.78 is 13.4. The molecule has 0 spiro atoms. The number of thiocarbonyl (C=S) groups is 1. The normalized spacial score (nSPS) is 15.2. The summed E-state index contributed by atoms with van der Waals surface area (Å²) in [6.07, 6.45) is 0.780. The maximum atomic E-state index is 13.4. The SMILES string of the molecule is Fc1ccc2c(c1)/C(=N/NC(=S)Nc1ccccc1)CCS2. The zero-order chi connectivity index (χ0) is 15.4. The molecule has 1 aliphatic rings. The van der Waals surface area contributed by atoms with Crippen LogP contribution in [0.2, 0.25) is 0 Å². The second kappa shape index (κ2) is 6.89. The topological polar surface area (TPSA) is 36.4 Å². The van der Waals surface area contributed by atoms with E-state index in [0.717, 1.165) is 34.0 Å². The Bertz CT molecular complexity index is 717. The van der Waals surface area contributed by atoms with Gasteiger partial charge in [0.25, 0.3) is 0 Å². The van der Waals surface area contributed by atoms with E-state index in [1.807, 2.05) is 30.3 Å². The van der Waals surface area contributed by atoms with Crippen LogP contribution < -0.4 is 10.7 Å². The molecular formula is C16H14FN3S2. The average molecular weight is 331 g/mol. The first kappa shape index (κ1) is 15.0. The van der Waals surface area contributed by atoms with Crippen LogP contribution in [0.4, 0.5) is 10.1 Å². The lowest BCUT2D eigenvalue weighted by atomic mass is 10.1. The number of para-hydroxylation sites is 1. The molecule has 0 saturated carbocycles. The first-order valence-electron chi connectivity index (χ1n) is 6.84. The van der Waals surface area contributed by atoms with Crippen molar-refractivity contribution in [2.75, 3.05) is 11.1 Å². The number of rotatable bonds is 2. The molecule has 0 atom stereocenters. The van der Waals surface area contributed by atoms with Gasteiger partial charge in [0, 0.05) is 28.3 Å². The van der Waals surface area contributed by atoms with Crippen LogP contribution in [0.15, 0.2) is 58.5 Å². The van der Waals surface area contributed by atoms with Crippen LogP contribution in [0, 0.1) is 5.82 Å². The number of nitrogens with zero attached hydrogens (tertiary/aromatic N) is 1. The lowest BCUT2D eigenvalue weighted by Gasteiger charge is -2.17. The molecule has 0 saturated heterocycles. The zero-order valence-corrected chi connectivity index (χ0v) is 13.3. The quantitative estimate of drug-likeness (QED) is 0.644. The molecule has 112 valence electrons. The number of anilines is 1. The zero-order valence-electron chi connectivity index (χ0n) is 11.7. The van der Waals surface area contributed by atoms with E-state index in [1.54, 1.807) is 17.8 Å². The van der Waals surface area contributed by atoms with Crippen LogP contribution in [0.5, 0.6) is 0 Å². The highest BCUT2D eigenvalue weighted by Gasteiger charge is 2.17. The van der Waals surface area contributed by atoms with Crippen molar-refractivity contribution in [3.63, 3.8) is 0 Å². The monoisotopic (exact) mass is 331 g/mol. The van der Waals surface area contributed by atoms with Gasteiger partial charge in [-0.3, -0.25) is 5.43 Å². The molecule has 0 unspecified atom stereocenters. The second-order valence-electron chi connectivity index (χ2n) is 4.73. The van der Waals surface area contributed by atoms with Gasteiger partial charge in [0.05, 0.1) is 5.71 Å². The van der Waals surface area contributed by atoms with Crippen molar-refractivity contribution < 1.29 is 4.39 Å². The lowest BCUT2D eigenvalue weighted by Crippen LogP contribution is -2.26. The molecule has 6 heteroatoms. The Hall–Kier alpha value is -1.92. The van der Waals surface area contributed by atoms with Crippen LogP contribution in [0.1, 0.15) is 12.0 Å². The van der Waals surface area contributed by atoms with E-state index in [9.17, 15) is 4.39 Å². The number of nitrogens with one attached hydrogen (secondary N) is 2. The van der Waals surface area contributed by atoms with Gasteiger partial charge in [-0.1, -0.05) is 18.2 Å². The van der Waals surface area contributed by atoms with E-state index >= 15 is 0 Å². The highest BCUT2D eigenvalue weighted by Crippen LogP contribution is 2.30. The molecule has 0 aromatic heterocycles. The fourth-order valence-corrected chi connectivity index (χ4v) is 3.34. The molecular weight excluding hydrogens is 317 g/mol. The molecule has 0 radical (unpaired) electrons. The Morgan fingerprint density at radius 3 is 2.82 bits per heavy atom.